The number of benzene rings is 2. The van der Waals surface area contributed by atoms with Gasteiger partial charge in [0.05, 0.1) is 12.2 Å². The van der Waals surface area contributed by atoms with Crippen molar-refractivity contribution < 1.29 is 13.9 Å². The smallest absolute Gasteiger partial charge is 0.338 e. The molecule has 0 atom stereocenters. The van der Waals surface area contributed by atoms with E-state index in [4.69, 9.17) is 4.74 Å². The van der Waals surface area contributed by atoms with Gasteiger partial charge >= 0.3 is 5.97 Å². The molecule has 0 saturated heterocycles. The van der Waals surface area contributed by atoms with E-state index in [-0.39, 0.29) is 11.8 Å². The second-order valence-corrected chi connectivity index (χ2v) is 5.21. The van der Waals surface area contributed by atoms with Gasteiger partial charge in [0, 0.05) is 22.3 Å². The Morgan fingerprint density at radius 3 is 2.71 bits per heavy atom. The van der Waals surface area contributed by atoms with Crippen molar-refractivity contribution in [2.24, 2.45) is 0 Å². The highest BCUT2D eigenvalue weighted by Gasteiger charge is 2.09. The van der Waals surface area contributed by atoms with Crippen molar-refractivity contribution in [1.29, 1.82) is 0 Å². The van der Waals surface area contributed by atoms with E-state index >= 15 is 0 Å². The first-order chi connectivity index (χ1) is 10.1. The molecule has 0 fully saturated rings. The number of carbonyl (C=O) groups is 1. The Bertz CT molecular complexity index is 646. The zero-order chi connectivity index (χ0) is 15.2. The van der Waals surface area contributed by atoms with Gasteiger partial charge in [-0.1, -0.05) is 18.2 Å². The molecule has 0 aliphatic rings. The van der Waals surface area contributed by atoms with E-state index in [1.165, 1.54) is 6.07 Å². The predicted octanol–water partition coefficient (Wildman–Crippen LogP) is 4.38. The number of carbonyl (C=O) groups excluding carboxylic acids is 1. The van der Waals surface area contributed by atoms with Crippen molar-refractivity contribution >= 4 is 27.6 Å². The number of anilines is 1. The Balaban J connectivity index is 2.08. The summed E-state index contributed by atoms with van der Waals surface area (Å²) < 4.78 is 19.2. The van der Waals surface area contributed by atoms with Crippen molar-refractivity contribution in [2.45, 2.75) is 13.5 Å². The molecule has 0 unspecified atom stereocenters. The van der Waals surface area contributed by atoms with E-state index in [2.05, 4.69) is 21.2 Å². The molecule has 0 saturated carbocycles. The summed E-state index contributed by atoms with van der Waals surface area (Å²) in [6.07, 6.45) is 0. The minimum Gasteiger partial charge on any atom is -0.462 e. The minimum absolute atomic E-state index is 0.246. The quantitative estimate of drug-likeness (QED) is 0.812. The Labute approximate surface area is 131 Å². The van der Waals surface area contributed by atoms with Crippen LogP contribution in [0.5, 0.6) is 0 Å². The van der Waals surface area contributed by atoms with E-state index in [0.29, 0.717) is 24.3 Å². The third-order valence-corrected chi connectivity index (χ3v) is 3.56. The van der Waals surface area contributed by atoms with Crippen molar-refractivity contribution in [3.8, 4) is 0 Å². The van der Waals surface area contributed by atoms with Crippen LogP contribution in [-0.4, -0.2) is 12.6 Å². The van der Waals surface area contributed by atoms with E-state index in [1.54, 1.807) is 43.3 Å². The van der Waals surface area contributed by atoms with Crippen LogP contribution in [0, 0.1) is 5.82 Å². The number of rotatable bonds is 5. The van der Waals surface area contributed by atoms with Crippen LogP contribution in [-0.2, 0) is 11.3 Å². The summed E-state index contributed by atoms with van der Waals surface area (Å²) in [6.45, 7) is 2.46. The monoisotopic (exact) mass is 351 g/mol. The standard InChI is InChI=1S/C16H15BrFNO2/c1-2-21-16(20)11-7-8-15(13(17)9-11)19-10-12-5-3-4-6-14(12)18/h3-9,19H,2,10H2,1H3. The van der Waals surface area contributed by atoms with Gasteiger partial charge in [-0.25, -0.2) is 9.18 Å². The van der Waals surface area contributed by atoms with Gasteiger partial charge in [-0.2, -0.15) is 0 Å². The summed E-state index contributed by atoms with van der Waals surface area (Å²) in [5.41, 5.74) is 1.84. The molecule has 0 aliphatic carbocycles. The van der Waals surface area contributed by atoms with Crippen LogP contribution in [0.3, 0.4) is 0 Å². The maximum absolute atomic E-state index is 13.5. The molecule has 0 bridgehead atoms. The fourth-order valence-corrected chi connectivity index (χ4v) is 2.35. The molecule has 0 aliphatic heterocycles. The number of hydrogen-bond acceptors (Lipinski definition) is 3. The van der Waals surface area contributed by atoms with E-state index in [1.807, 2.05) is 0 Å². The molecule has 0 aromatic heterocycles. The predicted molar refractivity (Wildman–Crippen MR) is 83.8 cm³/mol. The molecule has 0 radical (unpaired) electrons. The largest absolute Gasteiger partial charge is 0.462 e. The Morgan fingerprint density at radius 1 is 1.29 bits per heavy atom. The van der Waals surface area contributed by atoms with Crippen LogP contribution >= 0.6 is 15.9 Å². The van der Waals surface area contributed by atoms with Gasteiger partial charge in [0.15, 0.2) is 0 Å². The second-order valence-electron chi connectivity index (χ2n) is 4.36. The molecule has 0 amide bonds. The van der Waals surface area contributed by atoms with Crippen LogP contribution in [0.15, 0.2) is 46.9 Å². The maximum Gasteiger partial charge on any atom is 0.338 e. The summed E-state index contributed by atoms with van der Waals surface area (Å²) in [7, 11) is 0. The minimum atomic E-state index is -0.362. The molecule has 110 valence electrons. The van der Waals surface area contributed by atoms with Gasteiger partial charge in [-0.3, -0.25) is 0 Å². The molecule has 5 heteroatoms. The number of halogens is 2. The zero-order valence-corrected chi connectivity index (χ0v) is 13.1. The van der Waals surface area contributed by atoms with Gasteiger partial charge in [-0.15, -0.1) is 0 Å². The van der Waals surface area contributed by atoms with Crippen LogP contribution in [0.25, 0.3) is 0 Å². The van der Waals surface area contributed by atoms with Crippen LogP contribution in [0.1, 0.15) is 22.8 Å². The first-order valence-corrected chi connectivity index (χ1v) is 7.35. The third kappa shape index (κ3) is 4.04. The zero-order valence-electron chi connectivity index (χ0n) is 11.5. The molecule has 21 heavy (non-hydrogen) atoms. The lowest BCUT2D eigenvalue weighted by Gasteiger charge is -2.10. The first-order valence-electron chi connectivity index (χ1n) is 6.55. The highest BCUT2D eigenvalue weighted by molar-refractivity contribution is 9.10. The van der Waals surface area contributed by atoms with Crippen molar-refractivity contribution in [3.63, 3.8) is 0 Å². The molecular formula is C16H15BrFNO2. The van der Waals surface area contributed by atoms with Gasteiger partial charge in [0.2, 0.25) is 0 Å². The summed E-state index contributed by atoms with van der Waals surface area (Å²) in [6, 6.07) is 11.7. The molecule has 3 nitrogen and oxygen atoms in total. The molecule has 2 aromatic carbocycles. The van der Waals surface area contributed by atoms with Crippen molar-refractivity contribution in [3.05, 3.63) is 63.9 Å². The van der Waals surface area contributed by atoms with Gasteiger partial charge in [0.1, 0.15) is 5.82 Å². The van der Waals surface area contributed by atoms with Crippen LogP contribution in [0.2, 0.25) is 0 Å². The third-order valence-electron chi connectivity index (χ3n) is 2.91. The Morgan fingerprint density at radius 2 is 2.05 bits per heavy atom. The van der Waals surface area contributed by atoms with Gasteiger partial charge in [0.25, 0.3) is 0 Å². The summed E-state index contributed by atoms with van der Waals surface area (Å²) in [4.78, 5) is 11.6. The van der Waals surface area contributed by atoms with Crippen molar-refractivity contribution in [1.82, 2.24) is 0 Å². The molecular weight excluding hydrogens is 337 g/mol. The Hall–Kier alpha value is -1.88. The van der Waals surface area contributed by atoms with E-state index in [9.17, 15) is 9.18 Å². The van der Waals surface area contributed by atoms with Gasteiger partial charge in [-0.05, 0) is 47.1 Å². The topological polar surface area (TPSA) is 38.3 Å². The van der Waals surface area contributed by atoms with Crippen LogP contribution < -0.4 is 5.32 Å². The average molecular weight is 352 g/mol. The molecule has 0 heterocycles. The molecule has 0 spiro atoms. The van der Waals surface area contributed by atoms with E-state index < -0.39 is 0 Å². The summed E-state index contributed by atoms with van der Waals surface area (Å²) in [5, 5.41) is 3.13. The number of nitrogens with one attached hydrogen (secondary N) is 1. The second kappa shape index (κ2) is 7.22. The lowest BCUT2D eigenvalue weighted by Crippen LogP contribution is -2.06. The van der Waals surface area contributed by atoms with Crippen molar-refractivity contribution in [2.75, 3.05) is 11.9 Å². The summed E-state index contributed by atoms with van der Waals surface area (Å²) in [5.74, 6) is -0.608. The normalized spacial score (nSPS) is 10.2. The lowest BCUT2D eigenvalue weighted by atomic mass is 10.2. The Kier molecular flexibility index (Phi) is 5.33. The molecule has 2 rings (SSSR count). The fraction of sp³-hybridized carbons (Fsp3) is 0.188. The summed E-state index contributed by atoms with van der Waals surface area (Å²) >= 11 is 3.39. The number of esters is 1. The molecule has 1 N–H and O–H groups in total. The first kappa shape index (κ1) is 15.5. The fourth-order valence-electron chi connectivity index (χ4n) is 1.83. The number of ether oxygens (including phenoxy) is 1. The number of hydrogen-bond donors (Lipinski definition) is 1. The maximum atomic E-state index is 13.5. The SMILES string of the molecule is CCOC(=O)c1ccc(NCc2ccccc2F)c(Br)c1. The lowest BCUT2D eigenvalue weighted by molar-refractivity contribution is 0.0526. The highest BCUT2D eigenvalue weighted by Crippen LogP contribution is 2.25. The van der Waals surface area contributed by atoms with Crippen LogP contribution in [0.4, 0.5) is 10.1 Å². The van der Waals surface area contributed by atoms with E-state index in [0.717, 1.165) is 10.2 Å². The highest BCUT2D eigenvalue weighted by atomic mass is 79.9. The average Bonchev–Trinajstić information content (AvgIpc) is 2.47. The van der Waals surface area contributed by atoms with Gasteiger partial charge < -0.3 is 10.1 Å². The molecule has 2 aromatic rings.